The molecule has 0 aliphatic rings. The first-order chi connectivity index (χ1) is 17.7. The number of ether oxygens (including phenoxy) is 1. The van der Waals surface area contributed by atoms with Gasteiger partial charge in [-0.2, -0.15) is 0 Å². The summed E-state index contributed by atoms with van der Waals surface area (Å²) in [5, 5.41) is 4.25. The number of nitrogens with zero attached hydrogens (tertiary/aromatic N) is 2. The fourth-order valence-corrected chi connectivity index (χ4v) is 4.60. The summed E-state index contributed by atoms with van der Waals surface area (Å²) in [6.07, 6.45) is 6.00. The molecule has 2 aromatic heterocycles. The van der Waals surface area contributed by atoms with E-state index in [1.165, 1.54) is 10.9 Å². The molecule has 1 amide bonds. The molecule has 36 heavy (non-hydrogen) atoms. The van der Waals surface area contributed by atoms with Crippen molar-refractivity contribution < 1.29 is 9.53 Å². The normalized spacial score (nSPS) is 11.8. The molecule has 3 aromatic carbocycles. The Morgan fingerprint density at radius 1 is 0.917 bits per heavy atom. The topological polar surface area (TPSA) is 56.2 Å². The van der Waals surface area contributed by atoms with Crippen molar-refractivity contribution in [3.05, 3.63) is 126 Å². The van der Waals surface area contributed by atoms with Gasteiger partial charge in [-0.25, -0.2) is 0 Å². The largest absolute Gasteiger partial charge is 0.457 e. The van der Waals surface area contributed by atoms with Gasteiger partial charge in [-0.1, -0.05) is 48.5 Å². The fourth-order valence-electron chi connectivity index (χ4n) is 4.60. The number of amides is 1. The highest BCUT2D eigenvalue weighted by Gasteiger charge is 2.23. The van der Waals surface area contributed by atoms with Gasteiger partial charge < -0.3 is 14.6 Å². The van der Waals surface area contributed by atoms with Crippen molar-refractivity contribution in [2.24, 2.45) is 0 Å². The number of benzene rings is 3. The lowest BCUT2D eigenvalue weighted by atomic mass is 9.88. The number of hydrogen-bond donors (Lipinski definition) is 1. The molecule has 0 bridgehead atoms. The van der Waals surface area contributed by atoms with Crippen LogP contribution in [0.2, 0.25) is 0 Å². The number of rotatable bonds is 9. The van der Waals surface area contributed by atoms with Gasteiger partial charge in [0.15, 0.2) is 0 Å². The van der Waals surface area contributed by atoms with Gasteiger partial charge in [-0.05, 0) is 66.1 Å². The SMILES string of the molecule is CCn1cc(C(CC(=O)NCc2ccncc2)c2cccc(Oc3ccccc3)c2)c2ccccc21. The second kappa shape index (κ2) is 10.9. The lowest BCUT2D eigenvalue weighted by Gasteiger charge is -2.18. The number of carbonyl (C=O) groups excluding carboxylic acids is 1. The maximum absolute atomic E-state index is 13.2. The molecule has 0 spiro atoms. The molecule has 0 fully saturated rings. The first-order valence-electron chi connectivity index (χ1n) is 12.3. The van der Waals surface area contributed by atoms with Crippen LogP contribution in [0.1, 0.15) is 36.0 Å². The summed E-state index contributed by atoms with van der Waals surface area (Å²) in [5.41, 5.74) is 4.38. The average molecular weight is 476 g/mol. The number of hydrogen-bond acceptors (Lipinski definition) is 3. The lowest BCUT2D eigenvalue weighted by molar-refractivity contribution is -0.121. The van der Waals surface area contributed by atoms with Crippen LogP contribution in [0.25, 0.3) is 10.9 Å². The van der Waals surface area contributed by atoms with Crippen LogP contribution in [0.4, 0.5) is 0 Å². The van der Waals surface area contributed by atoms with Crippen molar-refractivity contribution in [1.82, 2.24) is 14.9 Å². The summed E-state index contributed by atoms with van der Waals surface area (Å²) < 4.78 is 8.36. The summed E-state index contributed by atoms with van der Waals surface area (Å²) >= 11 is 0. The third kappa shape index (κ3) is 5.31. The van der Waals surface area contributed by atoms with Gasteiger partial charge in [0.25, 0.3) is 0 Å². The smallest absolute Gasteiger partial charge is 0.221 e. The molecular weight excluding hydrogens is 446 g/mol. The number of carbonyl (C=O) groups is 1. The van der Waals surface area contributed by atoms with Crippen LogP contribution in [0.5, 0.6) is 11.5 Å². The van der Waals surface area contributed by atoms with Crippen molar-refractivity contribution in [2.45, 2.75) is 32.4 Å². The minimum Gasteiger partial charge on any atom is -0.457 e. The Hall–Kier alpha value is -4.38. The molecule has 0 radical (unpaired) electrons. The molecule has 0 aliphatic carbocycles. The van der Waals surface area contributed by atoms with Crippen molar-refractivity contribution in [1.29, 1.82) is 0 Å². The molecular formula is C31H29N3O2. The zero-order chi connectivity index (χ0) is 24.7. The number of fused-ring (bicyclic) bond motifs is 1. The van der Waals surface area contributed by atoms with E-state index in [2.05, 4.69) is 58.3 Å². The Labute approximate surface area is 211 Å². The van der Waals surface area contributed by atoms with E-state index in [9.17, 15) is 4.79 Å². The third-order valence-electron chi connectivity index (χ3n) is 6.40. The van der Waals surface area contributed by atoms with E-state index in [-0.39, 0.29) is 11.8 Å². The van der Waals surface area contributed by atoms with Crippen molar-refractivity contribution in [3.63, 3.8) is 0 Å². The highest BCUT2D eigenvalue weighted by atomic mass is 16.5. The minimum atomic E-state index is -0.125. The molecule has 2 heterocycles. The molecule has 180 valence electrons. The Morgan fingerprint density at radius 2 is 1.67 bits per heavy atom. The van der Waals surface area contributed by atoms with E-state index < -0.39 is 0 Å². The van der Waals surface area contributed by atoms with Gasteiger partial charge in [0, 0.05) is 54.9 Å². The van der Waals surface area contributed by atoms with E-state index >= 15 is 0 Å². The van der Waals surface area contributed by atoms with Gasteiger partial charge in [0.1, 0.15) is 11.5 Å². The molecule has 1 N–H and O–H groups in total. The van der Waals surface area contributed by atoms with Gasteiger partial charge in [0.2, 0.25) is 5.91 Å². The second-order valence-electron chi connectivity index (χ2n) is 8.76. The maximum Gasteiger partial charge on any atom is 0.221 e. The average Bonchev–Trinajstić information content (AvgIpc) is 3.30. The van der Waals surface area contributed by atoms with Crippen LogP contribution < -0.4 is 10.1 Å². The van der Waals surface area contributed by atoms with Gasteiger partial charge in [0.05, 0.1) is 0 Å². The Kier molecular flexibility index (Phi) is 7.08. The van der Waals surface area contributed by atoms with Gasteiger partial charge in [-0.3, -0.25) is 9.78 Å². The van der Waals surface area contributed by atoms with E-state index in [1.807, 2.05) is 60.7 Å². The molecule has 1 atom stereocenters. The maximum atomic E-state index is 13.2. The molecule has 0 saturated heterocycles. The monoisotopic (exact) mass is 475 g/mol. The molecule has 5 rings (SSSR count). The van der Waals surface area contributed by atoms with E-state index in [1.54, 1.807) is 12.4 Å². The minimum absolute atomic E-state index is 0.000442. The number of nitrogens with one attached hydrogen (secondary N) is 1. The summed E-state index contributed by atoms with van der Waals surface area (Å²) in [5.74, 6) is 1.41. The molecule has 5 aromatic rings. The van der Waals surface area contributed by atoms with Crippen LogP contribution in [0.3, 0.4) is 0 Å². The van der Waals surface area contributed by atoms with Crippen LogP contribution in [-0.2, 0) is 17.9 Å². The van der Waals surface area contributed by atoms with E-state index in [0.717, 1.165) is 34.7 Å². The number of pyridine rings is 1. The molecule has 0 aliphatic heterocycles. The van der Waals surface area contributed by atoms with Crippen molar-refractivity contribution in [2.75, 3.05) is 0 Å². The first-order valence-corrected chi connectivity index (χ1v) is 12.3. The van der Waals surface area contributed by atoms with Crippen molar-refractivity contribution in [3.8, 4) is 11.5 Å². The highest BCUT2D eigenvalue weighted by Crippen LogP contribution is 2.36. The summed E-state index contributed by atoms with van der Waals surface area (Å²) in [4.78, 5) is 17.2. The van der Waals surface area contributed by atoms with Crippen LogP contribution in [-0.4, -0.2) is 15.5 Å². The second-order valence-corrected chi connectivity index (χ2v) is 8.76. The standard InChI is InChI=1S/C31H29N3O2/c1-2-34-22-29(27-13-6-7-14-30(27)34)28(20-31(35)33-21-23-15-17-32-18-16-23)24-9-8-12-26(19-24)36-25-10-4-3-5-11-25/h3-19,22,28H,2,20-21H2,1H3,(H,33,35). The molecule has 5 heteroatoms. The Bertz CT molecular complexity index is 1440. The molecule has 5 nitrogen and oxygen atoms in total. The van der Waals surface area contributed by atoms with Gasteiger partial charge >= 0.3 is 0 Å². The van der Waals surface area contributed by atoms with Crippen LogP contribution in [0.15, 0.2) is 110 Å². The third-order valence-corrected chi connectivity index (χ3v) is 6.40. The van der Waals surface area contributed by atoms with Gasteiger partial charge in [-0.15, -0.1) is 0 Å². The molecule has 1 unspecified atom stereocenters. The number of aromatic nitrogens is 2. The van der Waals surface area contributed by atoms with E-state index in [4.69, 9.17) is 4.74 Å². The summed E-state index contributed by atoms with van der Waals surface area (Å²) in [6.45, 7) is 3.47. The quantitative estimate of drug-likeness (QED) is 0.258. The molecule has 0 saturated carbocycles. The zero-order valence-corrected chi connectivity index (χ0v) is 20.3. The number of para-hydroxylation sites is 2. The summed E-state index contributed by atoms with van der Waals surface area (Å²) in [6, 6.07) is 30.0. The zero-order valence-electron chi connectivity index (χ0n) is 20.3. The predicted molar refractivity (Wildman–Crippen MR) is 143 cm³/mol. The Balaban J connectivity index is 1.48. The highest BCUT2D eigenvalue weighted by molar-refractivity contribution is 5.86. The van der Waals surface area contributed by atoms with E-state index in [0.29, 0.717) is 13.0 Å². The predicted octanol–water partition coefficient (Wildman–Crippen LogP) is 6.69. The lowest BCUT2D eigenvalue weighted by Crippen LogP contribution is -2.25. The van der Waals surface area contributed by atoms with Crippen LogP contribution in [0, 0.1) is 0 Å². The van der Waals surface area contributed by atoms with Crippen molar-refractivity contribution >= 4 is 16.8 Å². The van der Waals surface area contributed by atoms with Crippen LogP contribution >= 0.6 is 0 Å². The fraction of sp³-hybridized carbons (Fsp3) is 0.161. The Morgan fingerprint density at radius 3 is 2.47 bits per heavy atom. The number of aryl methyl sites for hydroxylation is 1. The first kappa shape index (κ1) is 23.4. The summed E-state index contributed by atoms with van der Waals surface area (Å²) in [7, 11) is 0.